The van der Waals surface area contributed by atoms with Gasteiger partial charge in [0.1, 0.15) is 4.21 Å². The fourth-order valence-electron chi connectivity index (χ4n) is 3.70. The van der Waals surface area contributed by atoms with Crippen LogP contribution in [0.2, 0.25) is 4.34 Å². The minimum absolute atomic E-state index is 0.0173. The number of carbonyl (C=O) groups excluding carboxylic acids is 1. The molecular formula is C20H25ClN2O3S2. The molecule has 3 rings (SSSR count). The van der Waals surface area contributed by atoms with Crippen molar-refractivity contribution in [1.82, 2.24) is 4.31 Å². The molecule has 1 saturated heterocycles. The number of hydrogen-bond donors (Lipinski definition) is 1. The summed E-state index contributed by atoms with van der Waals surface area (Å²) in [6.45, 7) is 6.77. The Kier molecular flexibility index (Phi) is 6.49. The Labute approximate surface area is 175 Å². The number of thiophene rings is 1. The van der Waals surface area contributed by atoms with Gasteiger partial charge in [0.15, 0.2) is 0 Å². The van der Waals surface area contributed by atoms with Crippen LogP contribution < -0.4 is 5.32 Å². The van der Waals surface area contributed by atoms with E-state index in [1.54, 1.807) is 12.1 Å². The van der Waals surface area contributed by atoms with E-state index in [2.05, 4.69) is 11.4 Å². The summed E-state index contributed by atoms with van der Waals surface area (Å²) in [5.41, 5.74) is 3.02. The van der Waals surface area contributed by atoms with Crippen LogP contribution in [0.5, 0.6) is 0 Å². The minimum atomic E-state index is -3.50. The zero-order valence-electron chi connectivity index (χ0n) is 16.2. The van der Waals surface area contributed by atoms with Gasteiger partial charge in [-0.25, -0.2) is 8.42 Å². The highest BCUT2D eigenvalue weighted by atomic mass is 35.5. The SMILES string of the molecule is Cc1cc(C)cc(NC(=O)[C@@H](C)C2CCN(S(=O)(=O)c3ccc(Cl)s3)CC2)c1. The number of hydrogen-bond acceptors (Lipinski definition) is 4. The van der Waals surface area contributed by atoms with Crippen LogP contribution in [0.1, 0.15) is 30.9 Å². The molecule has 2 aromatic rings. The molecule has 1 aliphatic heterocycles. The number of anilines is 1. The van der Waals surface area contributed by atoms with Gasteiger partial charge in [-0.2, -0.15) is 4.31 Å². The molecule has 0 radical (unpaired) electrons. The maximum Gasteiger partial charge on any atom is 0.252 e. The first-order valence-corrected chi connectivity index (χ1v) is 11.9. The van der Waals surface area contributed by atoms with Crippen LogP contribution in [0.4, 0.5) is 5.69 Å². The summed E-state index contributed by atoms with van der Waals surface area (Å²) in [5.74, 6) is -0.0394. The Hall–Kier alpha value is -1.41. The standard InChI is InChI=1S/C20H25ClN2O3S2/c1-13-10-14(2)12-17(11-13)22-20(24)15(3)16-6-8-23(9-7-16)28(25,26)19-5-4-18(21)27-19/h4-5,10-12,15-16H,6-9H2,1-3H3,(H,22,24)/t15-/m0/s1. The first-order valence-electron chi connectivity index (χ1n) is 9.31. The van der Waals surface area contributed by atoms with Crippen LogP contribution in [0.3, 0.4) is 0 Å². The quantitative estimate of drug-likeness (QED) is 0.733. The Morgan fingerprint density at radius 3 is 2.32 bits per heavy atom. The van der Waals surface area contributed by atoms with Crippen molar-refractivity contribution >= 4 is 44.6 Å². The summed E-state index contributed by atoms with van der Waals surface area (Å²) >= 11 is 6.96. The Morgan fingerprint density at radius 1 is 1.18 bits per heavy atom. The van der Waals surface area contributed by atoms with Crippen molar-refractivity contribution in [3.05, 3.63) is 45.8 Å². The van der Waals surface area contributed by atoms with E-state index in [1.807, 2.05) is 32.9 Å². The number of aryl methyl sites for hydroxylation is 2. The first kappa shape index (κ1) is 21.3. The van der Waals surface area contributed by atoms with Gasteiger partial charge in [-0.1, -0.05) is 24.6 Å². The number of carbonyl (C=O) groups is 1. The maximum atomic E-state index is 12.7. The molecule has 152 valence electrons. The zero-order valence-corrected chi connectivity index (χ0v) is 18.6. The largest absolute Gasteiger partial charge is 0.326 e. The van der Waals surface area contributed by atoms with Gasteiger partial charge < -0.3 is 5.32 Å². The molecule has 8 heteroatoms. The molecule has 1 N–H and O–H groups in total. The molecule has 1 fully saturated rings. The topological polar surface area (TPSA) is 66.5 Å². The van der Waals surface area contributed by atoms with Gasteiger partial charge in [0.25, 0.3) is 10.0 Å². The van der Waals surface area contributed by atoms with Gasteiger partial charge >= 0.3 is 0 Å². The molecular weight excluding hydrogens is 416 g/mol. The molecule has 0 bridgehead atoms. The fourth-order valence-corrected chi connectivity index (χ4v) is 6.80. The van der Waals surface area contributed by atoms with Crippen molar-refractivity contribution in [2.75, 3.05) is 18.4 Å². The summed E-state index contributed by atoms with van der Waals surface area (Å²) in [7, 11) is -3.50. The van der Waals surface area contributed by atoms with Crippen LogP contribution in [0.25, 0.3) is 0 Å². The smallest absolute Gasteiger partial charge is 0.252 e. The zero-order chi connectivity index (χ0) is 20.5. The van der Waals surface area contributed by atoms with Crippen LogP contribution >= 0.6 is 22.9 Å². The number of sulfonamides is 1. The number of nitrogens with one attached hydrogen (secondary N) is 1. The molecule has 0 aliphatic carbocycles. The molecule has 0 saturated carbocycles. The second-order valence-electron chi connectivity index (χ2n) is 7.45. The molecule has 0 spiro atoms. The van der Waals surface area contributed by atoms with Crippen LogP contribution in [-0.2, 0) is 14.8 Å². The van der Waals surface area contributed by atoms with Crippen LogP contribution in [0.15, 0.2) is 34.5 Å². The third-order valence-electron chi connectivity index (χ3n) is 5.25. The second kappa shape index (κ2) is 8.53. The van der Waals surface area contributed by atoms with Gasteiger partial charge in [-0.15, -0.1) is 11.3 Å². The van der Waals surface area contributed by atoms with E-state index < -0.39 is 10.0 Å². The average Bonchev–Trinajstić information content (AvgIpc) is 3.07. The molecule has 0 unspecified atom stereocenters. The summed E-state index contributed by atoms with van der Waals surface area (Å²) < 4.78 is 27.7. The molecule has 1 atom stereocenters. The van der Waals surface area contributed by atoms with Gasteiger partial charge in [0.05, 0.1) is 4.34 Å². The molecule has 1 aliphatic rings. The number of benzene rings is 1. The molecule has 1 aromatic heterocycles. The van der Waals surface area contributed by atoms with E-state index >= 15 is 0 Å². The second-order valence-corrected chi connectivity index (χ2v) is 11.3. The van der Waals surface area contributed by atoms with E-state index in [9.17, 15) is 13.2 Å². The number of piperidine rings is 1. The normalized spacial score (nSPS) is 17.4. The Bertz CT molecular complexity index is 943. The fraction of sp³-hybridized carbons (Fsp3) is 0.450. The van der Waals surface area contributed by atoms with Gasteiger partial charge in [-0.3, -0.25) is 4.79 Å². The summed E-state index contributed by atoms with van der Waals surface area (Å²) in [6.07, 6.45) is 1.33. The van der Waals surface area contributed by atoms with Gasteiger partial charge in [0.2, 0.25) is 5.91 Å². The predicted molar refractivity (Wildman–Crippen MR) is 115 cm³/mol. The van der Waals surface area contributed by atoms with Crippen molar-refractivity contribution in [3.8, 4) is 0 Å². The maximum absolute atomic E-state index is 12.7. The summed E-state index contributed by atoms with van der Waals surface area (Å²) in [6, 6.07) is 9.13. The minimum Gasteiger partial charge on any atom is -0.326 e. The van der Waals surface area contributed by atoms with Crippen molar-refractivity contribution in [2.45, 2.75) is 37.8 Å². The monoisotopic (exact) mass is 440 g/mol. The lowest BCUT2D eigenvalue weighted by atomic mass is 9.85. The number of nitrogens with zero attached hydrogens (tertiary/aromatic N) is 1. The Balaban J connectivity index is 1.60. The lowest BCUT2D eigenvalue weighted by Crippen LogP contribution is -2.41. The van der Waals surface area contributed by atoms with Crippen molar-refractivity contribution in [1.29, 1.82) is 0 Å². The summed E-state index contributed by atoms with van der Waals surface area (Å²) in [4.78, 5) is 12.7. The number of rotatable bonds is 5. The lowest BCUT2D eigenvalue weighted by molar-refractivity contribution is -0.121. The predicted octanol–water partition coefficient (Wildman–Crippen LogP) is 4.69. The van der Waals surface area contributed by atoms with Gasteiger partial charge in [-0.05, 0) is 68.0 Å². The average molecular weight is 441 g/mol. The molecule has 1 aromatic carbocycles. The molecule has 2 heterocycles. The highest BCUT2D eigenvalue weighted by Gasteiger charge is 2.34. The number of halogens is 1. The third kappa shape index (κ3) is 4.76. The van der Waals surface area contributed by atoms with Crippen LogP contribution in [0, 0.1) is 25.7 Å². The highest BCUT2D eigenvalue weighted by Crippen LogP contribution is 2.32. The summed E-state index contributed by atoms with van der Waals surface area (Å²) in [5, 5.41) is 3.01. The lowest BCUT2D eigenvalue weighted by Gasteiger charge is -2.33. The van der Waals surface area contributed by atoms with Gasteiger partial charge in [0, 0.05) is 24.7 Å². The molecule has 1 amide bonds. The van der Waals surface area contributed by atoms with Crippen molar-refractivity contribution < 1.29 is 13.2 Å². The Morgan fingerprint density at radius 2 is 1.79 bits per heavy atom. The van der Waals surface area contributed by atoms with E-state index in [0.29, 0.717) is 30.3 Å². The van der Waals surface area contributed by atoms with E-state index in [0.717, 1.165) is 28.2 Å². The molecule has 28 heavy (non-hydrogen) atoms. The van der Waals surface area contributed by atoms with Crippen molar-refractivity contribution in [2.24, 2.45) is 11.8 Å². The van der Waals surface area contributed by atoms with E-state index in [4.69, 9.17) is 11.6 Å². The molecule has 5 nitrogen and oxygen atoms in total. The van der Waals surface area contributed by atoms with Crippen molar-refractivity contribution in [3.63, 3.8) is 0 Å². The van der Waals surface area contributed by atoms with E-state index in [1.165, 1.54) is 4.31 Å². The first-order chi connectivity index (χ1) is 13.2. The van der Waals surface area contributed by atoms with Crippen LogP contribution in [-0.4, -0.2) is 31.7 Å². The third-order valence-corrected chi connectivity index (χ3v) is 8.85. The van der Waals surface area contributed by atoms with E-state index in [-0.39, 0.29) is 22.0 Å². The number of amides is 1. The highest BCUT2D eigenvalue weighted by molar-refractivity contribution is 7.91.